The number of carbonyl (C=O) groups excluding carboxylic acids is 1. The minimum absolute atomic E-state index is 0.0469. The van der Waals surface area contributed by atoms with Gasteiger partial charge in [0.05, 0.1) is 12.8 Å². The molecule has 94 valence electrons. The zero-order chi connectivity index (χ0) is 12.8. The normalized spacial score (nSPS) is 10.1. The first-order valence-electron chi connectivity index (χ1n) is 5.28. The van der Waals surface area contributed by atoms with E-state index in [1.807, 2.05) is 19.1 Å². The van der Waals surface area contributed by atoms with E-state index in [0.29, 0.717) is 24.5 Å². The number of methoxy groups -OCH3 is 1. The molecule has 0 aliphatic carbocycles. The van der Waals surface area contributed by atoms with Gasteiger partial charge in [-0.15, -0.1) is 11.6 Å². The first-order chi connectivity index (χ1) is 8.08. The summed E-state index contributed by atoms with van der Waals surface area (Å²) in [7, 11) is 1.58. The van der Waals surface area contributed by atoms with Crippen molar-refractivity contribution in [2.75, 3.05) is 18.3 Å². The Bertz CT molecular complexity index is 410. The van der Waals surface area contributed by atoms with Crippen molar-refractivity contribution in [3.05, 3.63) is 22.2 Å². The fraction of sp³-hybridized carbons (Fsp3) is 0.417. The Hall–Kier alpha value is -0.740. The molecule has 1 amide bonds. The first-order valence-corrected chi connectivity index (χ1v) is 6.61. The van der Waals surface area contributed by atoms with Crippen LogP contribution in [0.1, 0.15) is 18.4 Å². The van der Waals surface area contributed by atoms with Gasteiger partial charge in [-0.1, -0.05) is 15.9 Å². The monoisotopic (exact) mass is 319 g/mol. The second kappa shape index (κ2) is 6.87. The highest BCUT2D eigenvalue weighted by molar-refractivity contribution is 9.10. The van der Waals surface area contributed by atoms with Gasteiger partial charge in [0, 0.05) is 16.8 Å². The third kappa shape index (κ3) is 4.21. The highest BCUT2D eigenvalue weighted by Gasteiger charge is 2.11. The van der Waals surface area contributed by atoms with Crippen molar-refractivity contribution < 1.29 is 9.53 Å². The van der Waals surface area contributed by atoms with E-state index in [1.54, 1.807) is 7.11 Å². The minimum atomic E-state index is -0.0469. The van der Waals surface area contributed by atoms with Crippen LogP contribution in [0.25, 0.3) is 0 Å². The van der Waals surface area contributed by atoms with Gasteiger partial charge < -0.3 is 10.1 Å². The van der Waals surface area contributed by atoms with Crippen LogP contribution in [0, 0.1) is 6.92 Å². The van der Waals surface area contributed by atoms with Gasteiger partial charge in [0.2, 0.25) is 5.91 Å². The van der Waals surface area contributed by atoms with Crippen molar-refractivity contribution >= 4 is 39.1 Å². The second-order valence-electron chi connectivity index (χ2n) is 3.64. The Morgan fingerprint density at radius 2 is 2.24 bits per heavy atom. The molecule has 0 aromatic heterocycles. The van der Waals surface area contributed by atoms with E-state index >= 15 is 0 Å². The minimum Gasteiger partial charge on any atom is -0.495 e. The molecule has 0 unspecified atom stereocenters. The third-order valence-electron chi connectivity index (χ3n) is 2.29. The van der Waals surface area contributed by atoms with Crippen molar-refractivity contribution in [1.29, 1.82) is 0 Å². The summed E-state index contributed by atoms with van der Waals surface area (Å²) >= 11 is 8.93. The number of alkyl halides is 1. The Balaban J connectivity index is 2.86. The van der Waals surface area contributed by atoms with Gasteiger partial charge in [-0.25, -0.2) is 0 Å². The molecule has 1 aromatic carbocycles. The number of anilines is 1. The van der Waals surface area contributed by atoms with Crippen LogP contribution in [0.3, 0.4) is 0 Å². The van der Waals surface area contributed by atoms with E-state index in [1.165, 1.54) is 0 Å². The van der Waals surface area contributed by atoms with E-state index in [2.05, 4.69) is 21.2 Å². The van der Waals surface area contributed by atoms with Gasteiger partial charge in [0.25, 0.3) is 0 Å². The predicted molar refractivity (Wildman–Crippen MR) is 74.0 cm³/mol. The summed E-state index contributed by atoms with van der Waals surface area (Å²) in [6, 6.07) is 3.75. The zero-order valence-corrected chi connectivity index (χ0v) is 12.2. The van der Waals surface area contributed by atoms with Crippen LogP contribution in [-0.4, -0.2) is 18.9 Å². The molecule has 0 bridgehead atoms. The molecule has 1 N–H and O–H groups in total. The lowest BCUT2D eigenvalue weighted by molar-refractivity contribution is -0.116. The SMILES string of the molecule is COc1cc(Br)cc(C)c1NC(=O)CCCCl. The number of hydrogen-bond donors (Lipinski definition) is 1. The van der Waals surface area contributed by atoms with Crippen LogP contribution >= 0.6 is 27.5 Å². The van der Waals surface area contributed by atoms with Gasteiger partial charge in [-0.3, -0.25) is 4.79 Å². The largest absolute Gasteiger partial charge is 0.495 e. The highest BCUT2D eigenvalue weighted by atomic mass is 79.9. The number of amides is 1. The first kappa shape index (κ1) is 14.3. The van der Waals surface area contributed by atoms with E-state index < -0.39 is 0 Å². The van der Waals surface area contributed by atoms with Crippen LogP contribution in [0.2, 0.25) is 0 Å². The molecule has 1 rings (SSSR count). The highest BCUT2D eigenvalue weighted by Crippen LogP contribution is 2.32. The predicted octanol–water partition coefficient (Wildman–Crippen LogP) is 3.72. The molecule has 3 nitrogen and oxygen atoms in total. The zero-order valence-electron chi connectivity index (χ0n) is 9.85. The van der Waals surface area contributed by atoms with Crippen molar-refractivity contribution in [1.82, 2.24) is 0 Å². The quantitative estimate of drug-likeness (QED) is 0.840. The maximum atomic E-state index is 11.6. The van der Waals surface area contributed by atoms with Crippen molar-refractivity contribution in [2.45, 2.75) is 19.8 Å². The van der Waals surface area contributed by atoms with E-state index in [-0.39, 0.29) is 5.91 Å². The average Bonchev–Trinajstić information content (AvgIpc) is 2.29. The summed E-state index contributed by atoms with van der Waals surface area (Å²) in [5.41, 5.74) is 1.67. The number of rotatable bonds is 5. The molecule has 5 heteroatoms. The number of hydrogen-bond acceptors (Lipinski definition) is 2. The molecule has 0 aliphatic heterocycles. The lowest BCUT2D eigenvalue weighted by atomic mass is 10.1. The van der Waals surface area contributed by atoms with Gasteiger partial charge in [-0.05, 0) is 31.0 Å². The average molecular weight is 321 g/mol. The van der Waals surface area contributed by atoms with Crippen LogP contribution in [0.15, 0.2) is 16.6 Å². The number of ether oxygens (including phenoxy) is 1. The Morgan fingerprint density at radius 3 is 2.82 bits per heavy atom. The van der Waals surface area contributed by atoms with Crippen LogP contribution in [0.5, 0.6) is 5.75 Å². The molecule has 0 atom stereocenters. The standard InChI is InChI=1S/C12H15BrClNO2/c1-8-6-9(13)7-10(17-2)12(8)15-11(16)4-3-5-14/h6-7H,3-5H2,1-2H3,(H,15,16). The summed E-state index contributed by atoms with van der Waals surface area (Å²) < 4.78 is 6.16. The molecule has 0 heterocycles. The van der Waals surface area contributed by atoms with Crippen LogP contribution in [0.4, 0.5) is 5.69 Å². The molecular formula is C12H15BrClNO2. The van der Waals surface area contributed by atoms with Crippen LogP contribution < -0.4 is 10.1 Å². The summed E-state index contributed by atoms with van der Waals surface area (Å²) in [6.07, 6.45) is 1.09. The van der Waals surface area contributed by atoms with E-state index in [0.717, 1.165) is 15.7 Å². The van der Waals surface area contributed by atoms with Crippen molar-refractivity contribution in [2.24, 2.45) is 0 Å². The van der Waals surface area contributed by atoms with Crippen molar-refractivity contribution in [3.63, 3.8) is 0 Å². The number of halogens is 2. The Morgan fingerprint density at radius 1 is 1.53 bits per heavy atom. The maximum absolute atomic E-state index is 11.6. The number of benzene rings is 1. The maximum Gasteiger partial charge on any atom is 0.224 e. The third-order valence-corrected chi connectivity index (χ3v) is 3.01. The molecule has 0 saturated carbocycles. The molecule has 1 aromatic rings. The van der Waals surface area contributed by atoms with E-state index in [4.69, 9.17) is 16.3 Å². The number of nitrogens with one attached hydrogen (secondary N) is 1. The summed E-state index contributed by atoms with van der Waals surface area (Å²) in [5.74, 6) is 1.09. The van der Waals surface area contributed by atoms with E-state index in [9.17, 15) is 4.79 Å². The molecular weight excluding hydrogens is 305 g/mol. The summed E-state index contributed by atoms with van der Waals surface area (Å²) in [5, 5.41) is 2.85. The lowest BCUT2D eigenvalue weighted by Gasteiger charge is -2.13. The van der Waals surface area contributed by atoms with Gasteiger partial charge in [-0.2, -0.15) is 0 Å². The van der Waals surface area contributed by atoms with Gasteiger partial charge in [0.1, 0.15) is 5.75 Å². The van der Waals surface area contributed by atoms with Crippen LogP contribution in [-0.2, 0) is 4.79 Å². The smallest absolute Gasteiger partial charge is 0.224 e. The van der Waals surface area contributed by atoms with Gasteiger partial charge in [0.15, 0.2) is 0 Å². The van der Waals surface area contributed by atoms with Gasteiger partial charge >= 0.3 is 0 Å². The fourth-order valence-corrected chi connectivity index (χ4v) is 2.15. The summed E-state index contributed by atoms with van der Waals surface area (Å²) in [4.78, 5) is 11.6. The van der Waals surface area contributed by atoms with Crippen molar-refractivity contribution in [3.8, 4) is 5.75 Å². The Kier molecular flexibility index (Phi) is 5.78. The fourth-order valence-electron chi connectivity index (χ4n) is 1.46. The molecule has 0 saturated heterocycles. The lowest BCUT2D eigenvalue weighted by Crippen LogP contribution is -2.13. The molecule has 0 radical (unpaired) electrons. The molecule has 17 heavy (non-hydrogen) atoms. The molecule has 0 aliphatic rings. The second-order valence-corrected chi connectivity index (χ2v) is 4.93. The molecule has 0 fully saturated rings. The number of aryl methyl sites for hydroxylation is 1. The topological polar surface area (TPSA) is 38.3 Å². The molecule has 0 spiro atoms. The number of carbonyl (C=O) groups is 1. The Labute approximate surface area is 115 Å². The summed E-state index contributed by atoms with van der Waals surface area (Å²) in [6.45, 7) is 1.92.